The number of carbonyl (C=O) groups excluding carboxylic acids is 2. The van der Waals surface area contributed by atoms with Crippen LogP contribution in [0.5, 0.6) is 5.75 Å². The summed E-state index contributed by atoms with van der Waals surface area (Å²) in [5.74, 6) is 1.04. The Labute approximate surface area is 269 Å². The topological polar surface area (TPSA) is 132 Å². The summed E-state index contributed by atoms with van der Waals surface area (Å²) in [5.41, 5.74) is 6.95. The van der Waals surface area contributed by atoms with Crippen molar-refractivity contribution in [3.05, 3.63) is 98.5 Å². The van der Waals surface area contributed by atoms with Crippen molar-refractivity contribution in [1.82, 2.24) is 19.8 Å². The molecule has 10 nitrogen and oxygen atoms in total. The van der Waals surface area contributed by atoms with Gasteiger partial charge in [-0.15, -0.1) is 0 Å². The Morgan fingerprint density at radius 1 is 1.07 bits per heavy atom. The molecule has 0 aliphatic rings. The van der Waals surface area contributed by atoms with Crippen molar-refractivity contribution in [3.8, 4) is 11.4 Å². The van der Waals surface area contributed by atoms with E-state index in [4.69, 9.17) is 38.7 Å². The number of nitrogens with one attached hydrogen (secondary N) is 1. The largest absolute Gasteiger partial charge is 0.497 e. The fourth-order valence-corrected chi connectivity index (χ4v) is 5.32. The molecule has 0 atom stereocenters. The summed E-state index contributed by atoms with van der Waals surface area (Å²) in [6.45, 7) is 1.03. The predicted molar refractivity (Wildman–Crippen MR) is 177 cm³/mol. The van der Waals surface area contributed by atoms with E-state index in [1.54, 1.807) is 83.5 Å². The first-order valence-corrected chi connectivity index (χ1v) is 15.7. The molecule has 230 valence electrons. The summed E-state index contributed by atoms with van der Waals surface area (Å²) in [7, 11) is 1.58. The molecule has 0 radical (unpaired) electrons. The predicted octanol–water partition coefficient (Wildman–Crippen LogP) is 5.09. The first-order chi connectivity index (χ1) is 21.2. The van der Waals surface area contributed by atoms with Crippen LogP contribution in [0.2, 0.25) is 10.0 Å². The summed E-state index contributed by atoms with van der Waals surface area (Å²) in [6.07, 6.45) is 2.71. The van der Waals surface area contributed by atoms with E-state index in [1.165, 1.54) is 11.8 Å². The number of aromatic nitrogens is 2. The van der Waals surface area contributed by atoms with Gasteiger partial charge in [0, 0.05) is 26.1 Å². The van der Waals surface area contributed by atoms with Gasteiger partial charge in [-0.25, -0.2) is 9.78 Å². The number of hydrogen-bond acceptors (Lipinski definition) is 7. The Kier molecular flexibility index (Phi) is 11.6. The van der Waals surface area contributed by atoms with Gasteiger partial charge in [0.15, 0.2) is 5.17 Å². The van der Waals surface area contributed by atoms with E-state index >= 15 is 0 Å². The van der Waals surface area contributed by atoms with Crippen molar-refractivity contribution in [1.29, 1.82) is 0 Å². The summed E-state index contributed by atoms with van der Waals surface area (Å²) in [4.78, 5) is 49.4. The second-order valence-corrected chi connectivity index (χ2v) is 11.3. The second-order valence-electron chi connectivity index (χ2n) is 9.67. The molecule has 1 aromatic heterocycles. The van der Waals surface area contributed by atoms with Gasteiger partial charge in [-0.2, -0.15) is 0 Å². The summed E-state index contributed by atoms with van der Waals surface area (Å²) < 4.78 is 6.87. The maximum absolute atomic E-state index is 13.7. The van der Waals surface area contributed by atoms with Crippen LogP contribution >= 0.6 is 35.0 Å². The molecule has 3 amide bonds. The highest BCUT2D eigenvalue weighted by Gasteiger charge is 2.18. The average Bonchev–Trinajstić information content (AvgIpc) is 3.01. The molecule has 3 aromatic carbocycles. The number of fused-ring (bicyclic) bond motifs is 1. The lowest BCUT2D eigenvalue weighted by Gasteiger charge is -2.24. The lowest BCUT2D eigenvalue weighted by Crippen LogP contribution is -2.37. The van der Waals surface area contributed by atoms with Crippen molar-refractivity contribution in [2.24, 2.45) is 10.7 Å². The summed E-state index contributed by atoms with van der Waals surface area (Å²) in [5, 5.41) is 4.15. The Balaban J connectivity index is 1.62. The molecule has 0 aliphatic heterocycles. The molecule has 3 N–H and O–H groups in total. The molecule has 0 bridgehead atoms. The van der Waals surface area contributed by atoms with Crippen molar-refractivity contribution in [2.45, 2.75) is 19.3 Å². The van der Waals surface area contributed by atoms with Gasteiger partial charge in [-0.05, 0) is 66.8 Å². The maximum Gasteiger partial charge on any atom is 0.318 e. The SMILES string of the molecule is COc1ccc(-n2c(CCN(CCCN=C(NC(N)=O)SC)C(=O)Cc3ccc(Cl)c(Cl)c3)nc3ccccc3c2=O)cc1. The number of carbonyl (C=O) groups is 2. The van der Waals surface area contributed by atoms with Crippen LogP contribution < -0.4 is 21.3 Å². The van der Waals surface area contributed by atoms with Crippen LogP contribution in [0.4, 0.5) is 4.79 Å². The second kappa shape index (κ2) is 15.6. The lowest BCUT2D eigenvalue weighted by atomic mass is 10.1. The Morgan fingerprint density at radius 2 is 1.82 bits per heavy atom. The molecule has 0 unspecified atom stereocenters. The molecule has 0 saturated carbocycles. The zero-order valence-electron chi connectivity index (χ0n) is 24.3. The molecule has 0 spiro atoms. The number of para-hydroxylation sites is 1. The fourth-order valence-electron chi connectivity index (χ4n) is 4.58. The number of rotatable bonds is 11. The number of halogens is 2. The number of amidine groups is 1. The van der Waals surface area contributed by atoms with E-state index in [0.29, 0.717) is 75.9 Å². The highest BCUT2D eigenvalue weighted by atomic mass is 35.5. The third-order valence-corrected chi connectivity index (χ3v) is 8.10. The van der Waals surface area contributed by atoms with Crippen LogP contribution in [0.1, 0.15) is 17.8 Å². The number of urea groups is 1. The number of nitrogens with two attached hydrogens (primary N) is 1. The first-order valence-electron chi connectivity index (χ1n) is 13.7. The Bertz CT molecular complexity index is 1730. The number of methoxy groups -OCH3 is 1. The zero-order valence-corrected chi connectivity index (χ0v) is 26.6. The average molecular weight is 656 g/mol. The van der Waals surface area contributed by atoms with Crippen molar-refractivity contribution < 1.29 is 14.3 Å². The fraction of sp³-hybridized carbons (Fsp3) is 0.258. The number of primary amides is 1. The first kappa shape index (κ1) is 32.8. The smallest absolute Gasteiger partial charge is 0.318 e. The standard InChI is InChI=1S/C31H32Cl2N6O4S/c1-43-22-11-9-21(10-12-22)39-27(36-26-7-4-3-6-23(26)29(39)41)14-17-38(16-5-15-35-31(44-2)37-30(34)42)28(40)19-20-8-13-24(32)25(33)18-20/h3-4,6-13,18H,5,14-17,19H2,1-2H3,(H3,34,35,37,42). The van der Waals surface area contributed by atoms with E-state index in [9.17, 15) is 14.4 Å². The molecule has 4 rings (SSSR count). The van der Waals surface area contributed by atoms with Crippen molar-refractivity contribution in [3.63, 3.8) is 0 Å². The van der Waals surface area contributed by atoms with E-state index in [0.717, 1.165) is 5.56 Å². The van der Waals surface area contributed by atoms with Crippen LogP contribution in [0.3, 0.4) is 0 Å². The minimum Gasteiger partial charge on any atom is -0.497 e. The minimum absolute atomic E-state index is 0.107. The Morgan fingerprint density at radius 3 is 2.50 bits per heavy atom. The van der Waals surface area contributed by atoms with Gasteiger partial charge >= 0.3 is 6.03 Å². The number of hydrogen-bond donors (Lipinski definition) is 2. The van der Waals surface area contributed by atoms with Crippen LogP contribution in [-0.4, -0.2) is 64.6 Å². The number of nitrogens with zero attached hydrogens (tertiary/aromatic N) is 4. The maximum atomic E-state index is 13.7. The van der Waals surface area contributed by atoms with Gasteiger partial charge in [0.2, 0.25) is 5.91 Å². The highest BCUT2D eigenvalue weighted by molar-refractivity contribution is 8.13. The third kappa shape index (κ3) is 8.52. The van der Waals surface area contributed by atoms with Gasteiger partial charge in [-0.1, -0.05) is 53.2 Å². The minimum atomic E-state index is -0.692. The normalized spacial score (nSPS) is 11.4. The number of ether oxygens (including phenoxy) is 1. The van der Waals surface area contributed by atoms with Crippen LogP contribution in [-0.2, 0) is 17.6 Å². The summed E-state index contributed by atoms with van der Waals surface area (Å²) >= 11 is 13.5. The lowest BCUT2D eigenvalue weighted by molar-refractivity contribution is -0.130. The molecule has 4 aromatic rings. The molecule has 44 heavy (non-hydrogen) atoms. The molecular formula is C31H32Cl2N6O4S. The monoisotopic (exact) mass is 654 g/mol. The van der Waals surface area contributed by atoms with Gasteiger partial charge in [0.05, 0.1) is 40.2 Å². The van der Waals surface area contributed by atoms with Crippen LogP contribution in [0, 0.1) is 0 Å². The van der Waals surface area contributed by atoms with Crippen molar-refractivity contribution >= 4 is 63.0 Å². The number of aliphatic imine (C=N–C) groups is 1. The van der Waals surface area contributed by atoms with Crippen molar-refractivity contribution in [2.75, 3.05) is 33.0 Å². The summed E-state index contributed by atoms with van der Waals surface area (Å²) in [6, 6.07) is 18.8. The van der Waals surface area contributed by atoms with E-state index in [1.807, 2.05) is 6.07 Å². The van der Waals surface area contributed by atoms with Gasteiger partial charge in [0.1, 0.15) is 11.6 Å². The molecular weight excluding hydrogens is 623 g/mol. The molecule has 13 heteroatoms. The molecule has 0 aliphatic carbocycles. The molecule has 0 fully saturated rings. The zero-order chi connectivity index (χ0) is 31.6. The number of benzene rings is 3. The molecule has 1 heterocycles. The number of amides is 3. The molecule has 0 saturated heterocycles. The Hall–Kier alpha value is -4.06. The van der Waals surface area contributed by atoms with Crippen LogP contribution in [0.25, 0.3) is 16.6 Å². The number of thioether (sulfide) groups is 1. The van der Waals surface area contributed by atoms with Crippen LogP contribution in [0.15, 0.2) is 76.5 Å². The third-order valence-electron chi connectivity index (χ3n) is 6.74. The van der Waals surface area contributed by atoms with Gasteiger partial charge < -0.3 is 15.4 Å². The quantitative estimate of drug-likeness (QED) is 0.132. The van der Waals surface area contributed by atoms with Gasteiger partial charge in [0.25, 0.3) is 5.56 Å². The van der Waals surface area contributed by atoms with Gasteiger partial charge in [-0.3, -0.25) is 24.5 Å². The van der Waals surface area contributed by atoms with E-state index in [2.05, 4.69) is 10.3 Å². The van der Waals surface area contributed by atoms with E-state index < -0.39 is 6.03 Å². The van der Waals surface area contributed by atoms with E-state index in [-0.39, 0.29) is 17.9 Å². The highest BCUT2D eigenvalue weighted by Crippen LogP contribution is 2.23.